The number of alkyl carbamates (subject to hydrolysis) is 1. The molecule has 0 bridgehead atoms. The summed E-state index contributed by atoms with van der Waals surface area (Å²) in [6, 6.07) is -1.32. The lowest BCUT2D eigenvalue weighted by Crippen LogP contribution is -2.47. The molecule has 1 unspecified atom stereocenters. The second-order valence-corrected chi connectivity index (χ2v) is 14.8. The van der Waals surface area contributed by atoms with Gasteiger partial charge in [-0.15, -0.1) is 0 Å². The van der Waals surface area contributed by atoms with Crippen LogP contribution in [0.1, 0.15) is 189 Å². The Bertz CT molecular complexity index is 755. The second-order valence-electron chi connectivity index (χ2n) is 14.8. The lowest BCUT2D eigenvalue weighted by Gasteiger charge is -2.24. The smallest absolute Gasteiger partial charge is 0.408 e. The van der Waals surface area contributed by atoms with Gasteiger partial charge in [-0.2, -0.15) is 0 Å². The monoisotopic (exact) mass is 699 g/mol. The number of allylic oxidation sites excluding steroid dienone is 2. The second kappa shape index (κ2) is 36.3. The molecule has 49 heavy (non-hydrogen) atoms. The van der Waals surface area contributed by atoms with Crippen molar-refractivity contribution in [3.05, 3.63) is 24.3 Å². The molecule has 0 aliphatic carbocycles. The Morgan fingerprint density at radius 3 is 1.29 bits per heavy atom. The van der Waals surface area contributed by atoms with Gasteiger partial charge in [0.05, 0.1) is 37.5 Å². The van der Waals surface area contributed by atoms with Crippen LogP contribution in [-0.2, 0) is 4.74 Å². The fourth-order valence-corrected chi connectivity index (χ4v) is 5.41. The summed E-state index contributed by atoms with van der Waals surface area (Å²) in [5, 5.41) is 40.3. The maximum Gasteiger partial charge on any atom is 0.408 e. The Balaban J connectivity index is 0. The van der Waals surface area contributed by atoms with Crippen molar-refractivity contribution in [3.63, 3.8) is 0 Å². The number of ether oxygens (including phenoxy) is 1. The predicted molar refractivity (Wildman–Crippen MR) is 208 cm³/mol. The van der Waals surface area contributed by atoms with E-state index in [9.17, 15) is 20.1 Å². The Morgan fingerprint density at radius 2 is 0.959 bits per heavy atom. The number of hydrogen-bond acceptors (Lipinski definition) is 7. The third-order valence-electron chi connectivity index (χ3n) is 8.58. The first-order valence-electron chi connectivity index (χ1n) is 20.2. The average molecular weight is 699 g/mol. The number of hydrogen-bond donors (Lipinski definition) is 6. The molecule has 0 fully saturated rings. The largest absolute Gasteiger partial charge is 0.444 e. The van der Waals surface area contributed by atoms with Crippen LogP contribution in [0, 0.1) is 0 Å². The summed E-state index contributed by atoms with van der Waals surface area (Å²) >= 11 is 0. The molecule has 0 aromatic heterocycles. The van der Waals surface area contributed by atoms with E-state index in [0.717, 1.165) is 19.3 Å². The van der Waals surface area contributed by atoms with Gasteiger partial charge in [0.1, 0.15) is 5.60 Å². The van der Waals surface area contributed by atoms with E-state index in [4.69, 9.17) is 15.6 Å². The van der Waals surface area contributed by atoms with Crippen LogP contribution in [0.2, 0.25) is 0 Å². The number of carbonyl (C=O) groups is 1. The molecule has 0 aromatic rings. The molecule has 292 valence electrons. The van der Waals surface area contributed by atoms with Crippen LogP contribution in [0.4, 0.5) is 4.79 Å². The molecule has 0 aliphatic rings. The van der Waals surface area contributed by atoms with E-state index in [1.165, 1.54) is 135 Å². The minimum Gasteiger partial charge on any atom is -0.444 e. The highest BCUT2D eigenvalue weighted by Crippen LogP contribution is 2.14. The molecular formula is C41H82N2O6. The third-order valence-corrected chi connectivity index (χ3v) is 8.58. The normalized spacial score (nSPS) is 14.4. The van der Waals surface area contributed by atoms with Crippen LogP contribution < -0.4 is 11.1 Å². The van der Waals surface area contributed by atoms with Gasteiger partial charge in [0.25, 0.3) is 0 Å². The first-order valence-corrected chi connectivity index (χ1v) is 20.2. The molecule has 0 aromatic carbocycles. The zero-order valence-corrected chi connectivity index (χ0v) is 32.7. The number of aliphatic hydroxyl groups excluding tert-OH is 4. The van der Waals surface area contributed by atoms with Gasteiger partial charge in [-0.25, -0.2) is 4.79 Å². The van der Waals surface area contributed by atoms with Gasteiger partial charge in [0.15, 0.2) is 0 Å². The van der Waals surface area contributed by atoms with Crippen LogP contribution in [0.25, 0.3) is 0 Å². The van der Waals surface area contributed by atoms with E-state index in [1.54, 1.807) is 32.9 Å². The highest BCUT2D eigenvalue weighted by atomic mass is 16.6. The Labute approximate surface area is 302 Å². The van der Waals surface area contributed by atoms with Crippen molar-refractivity contribution in [3.8, 4) is 0 Å². The average Bonchev–Trinajstić information content (AvgIpc) is 3.06. The van der Waals surface area contributed by atoms with Crippen molar-refractivity contribution >= 4 is 6.09 Å². The summed E-state index contributed by atoms with van der Waals surface area (Å²) in [4.78, 5) is 11.7. The molecule has 0 spiro atoms. The van der Waals surface area contributed by atoms with Crippen LogP contribution in [0.15, 0.2) is 24.3 Å². The molecule has 1 amide bonds. The number of aliphatic hydroxyl groups is 4. The van der Waals surface area contributed by atoms with Gasteiger partial charge in [0, 0.05) is 0 Å². The van der Waals surface area contributed by atoms with E-state index in [0.29, 0.717) is 0 Å². The molecule has 0 rings (SSSR count). The van der Waals surface area contributed by atoms with Crippen LogP contribution >= 0.6 is 0 Å². The molecule has 0 radical (unpaired) electrons. The molecule has 8 nitrogen and oxygen atoms in total. The van der Waals surface area contributed by atoms with Gasteiger partial charge in [0.2, 0.25) is 0 Å². The van der Waals surface area contributed by atoms with E-state index in [2.05, 4.69) is 19.2 Å². The SMILES string of the molecule is CCCCCCCCCCCCC/C=C/[C@@H](O)C(CO)NC(=O)OC(C)(C)C.CCCCCCCCCCCCC/C=C/[C@@H](O)[C@@H](N)CO. The Hall–Kier alpha value is -1.45. The fourth-order valence-electron chi connectivity index (χ4n) is 5.41. The molecule has 4 atom stereocenters. The zero-order valence-electron chi connectivity index (χ0n) is 32.7. The van der Waals surface area contributed by atoms with Gasteiger partial charge in [-0.1, -0.05) is 167 Å². The predicted octanol–water partition coefficient (Wildman–Crippen LogP) is 9.41. The minimum absolute atomic E-state index is 0.177. The topological polar surface area (TPSA) is 145 Å². The summed E-state index contributed by atoms with van der Waals surface area (Å²) in [6.07, 6.45) is 36.2. The van der Waals surface area contributed by atoms with Gasteiger partial charge < -0.3 is 36.2 Å². The highest BCUT2D eigenvalue weighted by Gasteiger charge is 2.22. The minimum atomic E-state index is -0.926. The lowest BCUT2D eigenvalue weighted by atomic mass is 10.0. The molecule has 0 saturated heterocycles. The number of rotatable bonds is 31. The molecular weight excluding hydrogens is 616 g/mol. The van der Waals surface area contributed by atoms with Crippen LogP contribution in [-0.4, -0.2) is 69.6 Å². The summed E-state index contributed by atoms with van der Waals surface area (Å²) in [5.41, 5.74) is 4.90. The van der Waals surface area contributed by atoms with Crippen molar-refractivity contribution < 1.29 is 30.0 Å². The van der Waals surface area contributed by atoms with Crippen LogP contribution in [0.3, 0.4) is 0 Å². The number of carbonyl (C=O) groups excluding carboxylic acids is 1. The van der Waals surface area contributed by atoms with Crippen LogP contribution in [0.5, 0.6) is 0 Å². The maximum absolute atomic E-state index is 11.7. The maximum atomic E-state index is 11.7. The first kappa shape index (κ1) is 49.7. The molecule has 0 saturated carbocycles. The summed E-state index contributed by atoms with van der Waals surface area (Å²) in [5.74, 6) is 0. The molecule has 7 N–H and O–H groups in total. The Kier molecular flexibility index (Phi) is 36.8. The molecule has 0 aliphatic heterocycles. The van der Waals surface area contributed by atoms with E-state index < -0.39 is 36.0 Å². The van der Waals surface area contributed by atoms with Crippen molar-refractivity contribution in [1.82, 2.24) is 5.32 Å². The van der Waals surface area contributed by atoms with Gasteiger partial charge >= 0.3 is 6.09 Å². The first-order chi connectivity index (χ1) is 23.5. The van der Waals surface area contributed by atoms with Crippen molar-refractivity contribution in [1.29, 1.82) is 0 Å². The fraction of sp³-hybridized carbons (Fsp3) is 0.878. The molecule has 8 heteroatoms. The Morgan fingerprint density at radius 1 is 0.612 bits per heavy atom. The standard InChI is InChI=1S/C23H45NO4.C18H37NO2/c1-5-6-7-8-9-10-11-12-13-14-15-16-17-18-21(26)20(19-25)24-22(27)28-23(2,3)4;1-2-3-4-5-6-7-8-9-10-11-12-13-14-15-18(21)17(19)16-20/h17-18,20-21,25-26H,5-16,19H2,1-4H3,(H,24,27);14-15,17-18,20-21H,2-13,16,19H2,1H3/b18-17+;15-14+/t20?,21-;17-,18+/m10/s1. The summed E-state index contributed by atoms with van der Waals surface area (Å²) in [6.45, 7) is 9.30. The zero-order chi connectivity index (χ0) is 37.0. The number of amides is 1. The number of nitrogens with two attached hydrogens (primary N) is 1. The quantitative estimate of drug-likeness (QED) is 0.0312. The number of unbranched alkanes of at least 4 members (excludes halogenated alkanes) is 22. The summed E-state index contributed by atoms with van der Waals surface area (Å²) in [7, 11) is 0. The summed E-state index contributed by atoms with van der Waals surface area (Å²) < 4.78 is 5.15. The van der Waals surface area contributed by atoms with Crippen molar-refractivity contribution in [2.24, 2.45) is 5.73 Å². The van der Waals surface area contributed by atoms with E-state index in [-0.39, 0.29) is 13.2 Å². The highest BCUT2D eigenvalue weighted by molar-refractivity contribution is 5.68. The van der Waals surface area contributed by atoms with Crippen molar-refractivity contribution in [2.75, 3.05) is 13.2 Å². The van der Waals surface area contributed by atoms with E-state index >= 15 is 0 Å². The van der Waals surface area contributed by atoms with Gasteiger partial charge in [-0.05, 0) is 46.5 Å². The lowest BCUT2D eigenvalue weighted by molar-refractivity contribution is 0.0405. The van der Waals surface area contributed by atoms with E-state index in [1.807, 2.05) is 12.2 Å². The van der Waals surface area contributed by atoms with Gasteiger partial charge in [-0.3, -0.25) is 0 Å². The number of nitrogens with one attached hydrogen (secondary N) is 1. The third kappa shape index (κ3) is 37.6. The van der Waals surface area contributed by atoms with Crippen molar-refractivity contribution in [2.45, 2.75) is 219 Å². The molecule has 0 heterocycles.